The van der Waals surface area contributed by atoms with Crippen LogP contribution in [0.2, 0.25) is 5.31 Å². The van der Waals surface area contributed by atoms with Crippen molar-refractivity contribution in [3.05, 3.63) is 5.82 Å². The normalized spacial score (nSPS) is 29.6. The molecule has 2 atom stereocenters. The Morgan fingerprint density at radius 3 is 2.72 bits per heavy atom. The molecule has 4 nitrogen and oxygen atoms in total. The predicted octanol–water partition coefficient (Wildman–Crippen LogP) is 2.61. The zero-order valence-corrected chi connectivity index (χ0v) is 11.7. The molecule has 98 valence electrons. The summed E-state index contributed by atoms with van der Waals surface area (Å²) < 4.78 is 1.79. The highest BCUT2D eigenvalue weighted by molar-refractivity contribution is 6.15. The number of rotatable bonds is 2. The predicted molar refractivity (Wildman–Crippen MR) is 75.0 cm³/mol. The quantitative estimate of drug-likeness (QED) is 0.815. The minimum Gasteiger partial charge on any atom is -0.350 e. The summed E-state index contributed by atoms with van der Waals surface area (Å²) in [5.74, 6) is 1.62. The summed E-state index contributed by atoms with van der Waals surface area (Å²) in [6.07, 6.45) is 7.24. The van der Waals surface area contributed by atoms with Crippen LogP contribution in [-0.2, 0) is 7.05 Å². The monoisotopic (exact) mass is 246 g/mol. The molecule has 1 aromatic heterocycles. The Morgan fingerprint density at radius 1 is 1.33 bits per heavy atom. The molecular formula is C13H23BN4. The van der Waals surface area contributed by atoms with Crippen LogP contribution in [0.3, 0.4) is 0 Å². The van der Waals surface area contributed by atoms with Gasteiger partial charge in [-0.25, -0.2) is 0 Å². The van der Waals surface area contributed by atoms with Gasteiger partial charge < -0.3 is 5.32 Å². The first-order chi connectivity index (χ1) is 8.49. The highest BCUT2D eigenvalue weighted by Gasteiger charge is 2.30. The van der Waals surface area contributed by atoms with Crippen molar-refractivity contribution in [3.8, 4) is 0 Å². The van der Waals surface area contributed by atoms with Crippen LogP contribution >= 0.6 is 0 Å². The van der Waals surface area contributed by atoms with Crippen molar-refractivity contribution in [2.45, 2.75) is 63.7 Å². The largest absolute Gasteiger partial charge is 0.350 e. The van der Waals surface area contributed by atoms with E-state index in [2.05, 4.69) is 22.3 Å². The third-order valence-corrected chi connectivity index (χ3v) is 4.04. The van der Waals surface area contributed by atoms with Crippen LogP contribution in [0.15, 0.2) is 0 Å². The second-order valence-corrected chi connectivity index (χ2v) is 5.76. The molecule has 2 unspecified atom stereocenters. The van der Waals surface area contributed by atoms with Crippen molar-refractivity contribution in [2.75, 3.05) is 5.32 Å². The summed E-state index contributed by atoms with van der Waals surface area (Å²) >= 11 is 0. The maximum absolute atomic E-state index is 6.46. The van der Waals surface area contributed by atoms with Crippen LogP contribution in [0.5, 0.6) is 0 Å². The van der Waals surface area contributed by atoms with Crippen molar-refractivity contribution >= 4 is 13.8 Å². The Labute approximate surface area is 111 Å². The summed E-state index contributed by atoms with van der Waals surface area (Å²) in [4.78, 5) is 4.41. The highest BCUT2D eigenvalue weighted by Crippen LogP contribution is 2.38. The lowest BCUT2D eigenvalue weighted by atomic mass is 9.60. The molecular weight excluding hydrogens is 223 g/mol. The number of hydrogen-bond donors (Lipinski definition) is 1. The van der Waals surface area contributed by atoms with Gasteiger partial charge in [0.1, 0.15) is 5.82 Å². The second kappa shape index (κ2) is 5.33. The van der Waals surface area contributed by atoms with Gasteiger partial charge in [0.15, 0.2) is 0 Å². The maximum atomic E-state index is 6.46. The van der Waals surface area contributed by atoms with E-state index in [1.165, 1.54) is 25.7 Å². The number of anilines is 1. The topological polar surface area (TPSA) is 42.7 Å². The first kappa shape index (κ1) is 13.4. The number of nitrogens with one attached hydrogen (secondary N) is 1. The number of hydrogen-bond acceptors (Lipinski definition) is 3. The van der Waals surface area contributed by atoms with Gasteiger partial charge in [-0.3, -0.25) is 4.68 Å². The molecule has 0 spiro atoms. The van der Waals surface area contributed by atoms with E-state index in [1.807, 2.05) is 14.0 Å². The zero-order chi connectivity index (χ0) is 13.2. The molecule has 2 rings (SSSR count). The molecule has 1 aliphatic carbocycles. The average molecular weight is 246 g/mol. The van der Waals surface area contributed by atoms with E-state index in [0.717, 1.165) is 18.7 Å². The van der Waals surface area contributed by atoms with Gasteiger partial charge in [0.2, 0.25) is 5.95 Å². The lowest BCUT2D eigenvalue weighted by molar-refractivity contribution is 0.386. The van der Waals surface area contributed by atoms with Crippen molar-refractivity contribution in [2.24, 2.45) is 7.05 Å². The van der Waals surface area contributed by atoms with E-state index in [4.69, 9.17) is 7.85 Å². The Balaban J connectivity index is 2.08. The van der Waals surface area contributed by atoms with Crippen LogP contribution in [0.1, 0.15) is 51.3 Å². The number of aryl methyl sites for hydroxylation is 2. The molecule has 0 aromatic carbocycles. The molecule has 1 heterocycles. The third-order valence-electron chi connectivity index (χ3n) is 4.04. The lowest BCUT2D eigenvalue weighted by Crippen LogP contribution is -2.35. The average Bonchev–Trinajstić information content (AvgIpc) is 2.59. The van der Waals surface area contributed by atoms with Gasteiger partial charge in [-0.1, -0.05) is 39.0 Å². The molecule has 0 bridgehead atoms. The van der Waals surface area contributed by atoms with Crippen molar-refractivity contribution in [1.29, 1.82) is 0 Å². The van der Waals surface area contributed by atoms with Crippen LogP contribution in [0.25, 0.3) is 0 Å². The van der Waals surface area contributed by atoms with Gasteiger partial charge in [0.05, 0.1) is 7.85 Å². The minimum absolute atomic E-state index is 0.173. The Hall–Kier alpha value is -0.995. The standard InChI is InChI=1S/C13H23BN4/c1-10-15-12(17-18(10)3)16-11-8-6-4-5-7-9-13(11,2)14/h11H,4-9H2,1-3H3,(H,16,17). The second-order valence-electron chi connectivity index (χ2n) is 5.76. The number of aromatic nitrogens is 3. The summed E-state index contributed by atoms with van der Waals surface area (Å²) in [6, 6.07) is 0.264. The molecule has 1 N–H and O–H groups in total. The van der Waals surface area contributed by atoms with Gasteiger partial charge in [-0.05, 0) is 18.7 Å². The highest BCUT2D eigenvalue weighted by atomic mass is 15.4. The van der Waals surface area contributed by atoms with E-state index in [1.54, 1.807) is 4.68 Å². The van der Waals surface area contributed by atoms with Gasteiger partial charge in [0, 0.05) is 13.1 Å². The molecule has 1 fully saturated rings. The first-order valence-corrected chi connectivity index (χ1v) is 6.92. The van der Waals surface area contributed by atoms with Gasteiger partial charge in [0.25, 0.3) is 0 Å². The third kappa shape index (κ3) is 3.06. The molecule has 5 heteroatoms. The van der Waals surface area contributed by atoms with Gasteiger partial charge in [-0.15, -0.1) is 5.10 Å². The molecule has 1 aromatic rings. The fourth-order valence-corrected chi connectivity index (χ4v) is 2.63. The van der Waals surface area contributed by atoms with E-state index < -0.39 is 0 Å². The van der Waals surface area contributed by atoms with Crippen LogP contribution < -0.4 is 5.32 Å². The Bertz CT molecular complexity index is 380. The molecule has 18 heavy (non-hydrogen) atoms. The van der Waals surface area contributed by atoms with Crippen LogP contribution in [0, 0.1) is 6.92 Å². The van der Waals surface area contributed by atoms with E-state index in [0.29, 0.717) is 5.95 Å². The summed E-state index contributed by atoms with van der Waals surface area (Å²) in [5.41, 5.74) is 0. The first-order valence-electron chi connectivity index (χ1n) is 6.92. The summed E-state index contributed by atoms with van der Waals surface area (Å²) in [5, 5.41) is 7.62. The molecule has 0 amide bonds. The summed E-state index contributed by atoms with van der Waals surface area (Å²) in [7, 11) is 8.37. The SMILES string of the molecule is [B]C1(C)CCCCCCC1Nc1nc(C)n(C)n1. The van der Waals surface area contributed by atoms with E-state index >= 15 is 0 Å². The Kier molecular flexibility index (Phi) is 3.98. The molecule has 1 aliphatic rings. The van der Waals surface area contributed by atoms with Crippen molar-refractivity contribution in [3.63, 3.8) is 0 Å². The zero-order valence-electron chi connectivity index (χ0n) is 11.7. The fourth-order valence-electron chi connectivity index (χ4n) is 2.63. The van der Waals surface area contributed by atoms with E-state index in [-0.39, 0.29) is 11.4 Å². The molecule has 1 saturated carbocycles. The maximum Gasteiger partial charge on any atom is 0.242 e. The van der Waals surface area contributed by atoms with Gasteiger partial charge in [-0.2, -0.15) is 4.98 Å². The number of nitrogens with zero attached hydrogens (tertiary/aromatic N) is 3. The molecule has 2 radical (unpaired) electrons. The Morgan fingerprint density at radius 2 is 2.06 bits per heavy atom. The molecule has 0 saturated heterocycles. The smallest absolute Gasteiger partial charge is 0.242 e. The van der Waals surface area contributed by atoms with Gasteiger partial charge >= 0.3 is 0 Å². The van der Waals surface area contributed by atoms with Crippen molar-refractivity contribution < 1.29 is 0 Å². The summed E-state index contributed by atoms with van der Waals surface area (Å²) in [6.45, 7) is 4.10. The minimum atomic E-state index is -0.173. The molecule has 0 aliphatic heterocycles. The van der Waals surface area contributed by atoms with Crippen molar-refractivity contribution in [1.82, 2.24) is 14.8 Å². The fraction of sp³-hybridized carbons (Fsp3) is 0.846. The lowest BCUT2D eigenvalue weighted by Gasteiger charge is -2.37. The van der Waals surface area contributed by atoms with E-state index in [9.17, 15) is 0 Å². The van der Waals surface area contributed by atoms with Crippen LogP contribution in [0.4, 0.5) is 5.95 Å². The van der Waals surface area contributed by atoms with Crippen LogP contribution in [-0.4, -0.2) is 28.7 Å².